The summed E-state index contributed by atoms with van der Waals surface area (Å²) >= 11 is 3.17. The smallest absolute Gasteiger partial charge is 0.264 e. The number of hydrogen-bond acceptors (Lipinski definition) is 1. The quantitative estimate of drug-likeness (QED) is 0.896. The lowest BCUT2D eigenvalue weighted by molar-refractivity contribution is 0.150. The second-order valence-corrected chi connectivity index (χ2v) is 5.37. The van der Waals surface area contributed by atoms with Crippen molar-refractivity contribution in [2.45, 2.75) is 37.6 Å². The Balaban J connectivity index is 2.03. The van der Waals surface area contributed by atoms with Gasteiger partial charge in [0.1, 0.15) is 0 Å². The monoisotopic (exact) mass is 289 g/mol. The highest BCUT2D eigenvalue weighted by Crippen LogP contribution is 2.37. The zero-order chi connectivity index (χ0) is 11.8. The Bertz CT molecular complexity index is 389. The molecule has 0 spiro atoms. The van der Waals surface area contributed by atoms with E-state index in [0.29, 0.717) is 4.47 Å². The first-order chi connectivity index (χ1) is 7.50. The molecule has 4 heteroatoms. The van der Waals surface area contributed by atoms with Gasteiger partial charge in [-0.05, 0) is 37.3 Å². The summed E-state index contributed by atoms with van der Waals surface area (Å²) in [5.74, 6) is 0. The van der Waals surface area contributed by atoms with Crippen LogP contribution in [0.3, 0.4) is 0 Å². The van der Waals surface area contributed by atoms with E-state index in [0.717, 1.165) is 31.2 Å². The van der Waals surface area contributed by atoms with Crippen LogP contribution in [-0.4, -0.2) is 5.54 Å². The van der Waals surface area contributed by atoms with Gasteiger partial charge < -0.3 is 5.73 Å². The van der Waals surface area contributed by atoms with Crippen LogP contribution in [0.1, 0.15) is 36.8 Å². The Labute approximate surface area is 102 Å². The van der Waals surface area contributed by atoms with Crippen molar-refractivity contribution in [1.29, 1.82) is 0 Å². The van der Waals surface area contributed by atoms with Crippen LogP contribution in [0.25, 0.3) is 0 Å². The first-order valence-electron chi connectivity index (χ1n) is 5.36. The lowest BCUT2D eigenvalue weighted by atomic mass is 10.0. The van der Waals surface area contributed by atoms with Gasteiger partial charge in [0.25, 0.3) is 6.43 Å². The number of rotatable bonds is 4. The van der Waals surface area contributed by atoms with Gasteiger partial charge in [0.15, 0.2) is 0 Å². The molecule has 1 fully saturated rings. The SMILES string of the molecule is NC1(CCc2ccc(C(F)F)c(Br)c2)CC1. The van der Waals surface area contributed by atoms with Crippen molar-refractivity contribution in [2.75, 3.05) is 0 Å². The average molecular weight is 290 g/mol. The van der Waals surface area contributed by atoms with Crippen LogP contribution in [0.15, 0.2) is 22.7 Å². The van der Waals surface area contributed by atoms with E-state index in [1.165, 1.54) is 6.07 Å². The molecule has 1 aliphatic carbocycles. The van der Waals surface area contributed by atoms with Gasteiger partial charge in [0, 0.05) is 15.6 Å². The number of hydrogen-bond donors (Lipinski definition) is 1. The van der Waals surface area contributed by atoms with Crippen molar-refractivity contribution >= 4 is 15.9 Å². The predicted octanol–water partition coefficient (Wildman–Crippen LogP) is 3.81. The third-order valence-corrected chi connectivity index (χ3v) is 3.79. The summed E-state index contributed by atoms with van der Waals surface area (Å²) in [6.07, 6.45) is 1.55. The molecule has 0 aromatic heterocycles. The first-order valence-corrected chi connectivity index (χ1v) is 6.15. The van der Waals surface area contributed by atoms with Gasteiger partial charge >= 0.3 is 0 Å². The minimum atomic E-state index is -2.42. The molecule has 0 saturated heterocycles. The number of nitrogens with two attached hydrogens (primary N) is 1. The zero-order valence-corrected chi connectivity index (χ0v) is 10.4. The van der Waals surface area contributed by atoms with E-state index in [-0.39, 0.29) is 11.1 Å². The Morgan fingerprint density at radius 2 is 2.06 bits per heavy atom. The highest BCUT2D eigenvalue weighted by atomic mass is 79.9. The second kappa shape index (κ2) is 4.41. The Morgan fingerprint density at radius 3 is 2.56 bits per heavy atom. The maximum Gasteiger partial charge on any atom is 0.264 e. The van der Waals surface area contributed by atoms with Crippen molar-refractivity contribution in [3.63, 3.8) is 0 Å². The molecule has 1 saturated carbocycles. The number of benzene rings is 1. The average Bonchev–Trinajstić information content (AvgIpc) is 2.94. The highest BCUT2D eigenvalue weighted by Gasteiger charge is 2.37. The molecule has 1 aliphatic rings. The molecule has 0 amide bonds. The Kier molecular flexibility index (Phi) is 3.31. The van der Waals surface area contributed by atoms with Gasteiger partial charge in [-0.2, -0.15) is 0 Å². The van der Waals surface area contributed by atoms with Gasteiger partial charge in [-0.3, -0.25) is 0 Å². The van der Waals surface area contributed by atoms with Crippen LogP contribution in [0.5, 0.6) is 0 Å². The van der Waals surface area contributed by atoms with Crippen LogP contribution < -0.4 is 5.73 Å². The summed E-state index contributed by atoms with van der Waals surface area (Å²) in [7, 11) is 0. The summed E-state index contributed by atoms with van der Waals surface area (Å²) in [6, 6.07) is 5.02. The van der Waals surface area contributed by atoms with Gasteiger partial charge in [0.05, 0.1) is 0 Å². The van der Waals surface area contributed by atoms with Crippen LogP contribution in [-0.2, 0) is 6.42 Å². The standard InChI is InChI=1S/C12H14BrF2N/c13-10-7-8(1-2-9(10)11(14)15)3-4-12(16)5-6-12/h1-2,7,11H,3-6,16H2. The van der Waals surface area contributed by atoms with Crippen molar-refractivity contribution in [3.05, 3.63) is 33.8 Å². The van der Waals surface area contributed by atoms with E-state index in [1.807, 2.05) is 0 Å². The zero-order valence-electron chi connectivity index (χ0n) is 8.85. The van der Waals surface area contributed by atoms with E-state index in [9.17, 15) is 8.78 Å². The van der Waals surface area contributed by atoms with Crippen LogP contribution >= 0.6 is 15.9 Å². The molecule has 2 N–H and O–H groups in total. The second-order valence-electron chi connectivity index (χ2n) is 4.52. The largest absolute Gasteiger partial charge is 0.325 e. The number of halogens is 3. The Hall–Kier alpha value is -0.480. The molecule has 1 nitrogen and oxygen atoms in total. The number of aryl methyl sites for hydroxylation is 1. The molecular formula is C12H14BrF2N. The third-order valence-electron chi connectivity index (χ3n) is 3.10. The molecule has 2 rings (SSSR count). The molecule has 0 radical (unpaired) electrons. The van der Waals surface area contributed by atoms with Gasteiger partial charge in [0.2, 0.25) is 0 Å². The minimum Gasteiger partial charge on any atom is -0.325 e. The van der Waals surface area contributed by atoms with E-state index >= 15 is 0 Å². The predicted molar refractivity (Wildman–Crippen MR) is 63.6 cm³/mol. The van der Waals surface area contributed by atoms with Gasteiger partial charge in [-0.25, -0.2) is 8.78 Å². The molecule has 1 aromatic rings. The Morgan fingerprint density at radius 1 is 1.38 bits per heavy atom. The highest BCUT2D eigenvalue weighted by molar-refractivity contribution is 9.10. The van der Waals surface area contributed by atoms with E-state index < -0.39 is 6.43 Å². The minimum absolute atomic E-state index is 0.0217. The molecule has 0 unspecified atom stereocenters. The van der Waals surface area contributed by atoms with Crippen molar-refractivity contribution in [3.8, 4) is 0 Å². The molecule has 0 aliphatic heterocycles. The van der Waals surface area contributed by atoms with E-state index in [4.69, 9.17) is 5.73 Å². The van der Waals surface area contributed by atoms with Gasteiger partial charge in [-0.1, -0.05) is 28.1 Å². The van der Waals surface area contributed by atoms with Crippen LogP contribution in [0.2, 0.25) is 0 Å². The van der Waals surface area contributed by atoms with Crippen LogP contribution in [0, 0.1) is 0 Å². The fraction of sp³-hybridized carbons (Fsp3) is 0.500. The van der Waals surface area contributed by atoms with Crippen LogP contribution in [0.4, 0.5) is 8.78 Å². The summed E-state index contributed by atoms with van der Waals surface area (Å²) < 4.78 is 25.5. The molecule has 0 heterocycles. The van der Waals surface area contributed by atoms with Gasteiger partial charge in [-0.15, -0.1) is 0 Å². The fourth-order valence-electron chi connectivity index (χ4n) is 1.71. The molecule has 88 valence electrons. The topological polar surface area (TPSA) is 26.0 Å². The summed E-state index contributed by atoms with van der Waals surface area (Å²) in [5.41, 5.74) is 7.12. The lowest BCUT2D eigenvalue weighted by Gasteiger charge is -2.10. The first kappa shape index (κ1) is 12.0. The molecule has 0 atom stereocenters. The third kappa shape index (κ3) is 2.80. The summed E-state index contributed by atoms with van der Waals surface area (Å²) in [6.45, 7) is 0. The van der Waals surface area contributed by atoms with Crippen molar-refractivity contribution in [1.82, 2.24) is 0 Å². The van der Waals surface area contributed by atoms with Crippen molar-refractivity contribution in [2.24, 2.45) is 5.73 Å². The molecule has 0 bridgehead atoms. The summed E-state index contributed by atoms with van der Waals surface area (Å²) in [4.78, 5) is 0. The lowest BCUT2D eigenvalue weighted by Crippen LogP contribution is -2.22. The summed E-state index contributed by atoms with van der Waals surface area (Å²) in [5, 5.41) is 0. The van der Waals surface area contributed by atoms with Crippen molar-refractivity contribution < 1.29 is 8.78 Å². The maximum absolute atomic E-state index is 12.5. The van der Waals surface area contributed by atoms with E-state index in [2.05, 4.69) is 15.9 Å². The molecule has 16 heavy (non-hydrogen) atoms. The maximum atomic E-state index is 12.5. The molecule has 1 aromatic carbocycles. The number of alkyl halides is 2. The van der Waals surface area contributed by atoms with E-state index in [1.54, 1.807) is 12.1 Å². The molecular weight excluding hydrogens is 276 g/mol. The normalized spacial score (nSPS) is 17.8. The fourth-order valence-corrected chi connectivity index (χ4v) is 2.31.